The predicted octanol–water partition coefficient (Wildman–Crippen LogP) is 6.23. The highest BCUT2D eigenvalue weighted by Crippen LogP contribution is 2.48. The number of aryl methyl sites for hydroxylation is 1. The molecule has 3 N–H and O–H groups in total. The minimum absolute atomic E-state index is 0.190. The molecule has 0 radical (unpaired) electrons. The van der Waals surface area contributed by atoms with Crippen LogP contribution in [0.25, 0.3) is 22.3 Å². The Bertz CT molecular complexity index is 1840. The Morgan fingerprint density at radius 3 is 2.49 bits per heavy atom. The van der Waals surface area contributed by atoms with Crippen LogP contribution in [0.2, 0.25) is 0 Å². The number of hydrogen-bond donors (Lipinski definition) is 2. The molecule has 4 heterocycles. The van der Waals surface area contributed by atoms with E-state index >= 15 is 0 Å². The molecular formula is C36H41N7O2. The zero-order chi connectivity index (χ0) is 31.0. The summed E-state index contributed by atoms with van der Waals surface area (Å²) in [5.74, 6) is 0.415. The van der Waals surface area contributed by atoms with Crippen LogP contribution in [-0.4, -0.2) is 56.4 Å². The number of carbonyl (C=O) groups is 2. The molecule has 2 saturated carbocycles. The van der Waals surface area contributed by atoms with E-state index in [1.54, 1.807) is 6.07 Å². The molecular weight excluding hydrogens is 562 g/mol. The van der Waals surface area contributed by atoms with Gasteiger partial charge in [-0.25, -0.2) is 9.97 Å². The van der Waals surface area contributed by atoms with E-state index in [9.17, 15) is 9.59 Å². The first-order valence-electron chi connectivity index (χ1n) is 16.5. The molecule has 0 spiro atoms. The highest BCUT2D eigenvalue weighted by Gasteiger charge is 2.50. The van der Waals surface area contributed by atoms with Crippen LogP contribution in [-0.2, 0) is 10.2 Å². The Labute approximate surface area is 263 Å². The van der Waals surface area contributed by atoms with Gasteiger partial charge < -0.3 is 25.4 Å². The van der Waals surface area contributed by atoms with Gasteiger partial charge in [-0.05, 0) is 108 Å². The maximum Gasteiger partial charge on any atom is 0.249 e. The van der Waals surface area contributed by atoms with Gasteiger partial charge in [-0.15, -0.1) is 0 Å². The number of likely N-dealkylation sites (tertiary alicyclic amines) is 1. The molecule has 0 unspecified atom stereocenters. The number of pyridine rings is 1. The SMILES string of the molecule is Cc1ccc(Nc2nc(-c3ccc4c(c3)N([C@H]3C[C@@H](N5CCCCC5)C3)C(=O)C4(C)C)cc3ncn(C4CC4)c23)cc1C(N)=O. The molecule has 2 aliphatic carbocycles. The number of rotatable bonds is 7. The summed E-state index contributed by atoms with van der Waals surface area (Å²) in [5.41, 5.74) is 12.8. The molecule has 3 fully saturated rings. The van der Waals surface area contributed by atoms with Gasteiger partial charge in [0.25, 0.3) is 0 Å². The number of piperidine rings is 1. The Morgan fingerprint density at radius 1 is 0.978 bits per heavy atom. The third kappa shape index (κ3) is 4.71. The summed E-state index contributed by atoms with van der Waals surface area (Å²) in [5, 5.41) is 3.49. The minimum Gasteiger partial charge on any atom is -0.366 e. The molecule has 2 aliphatic heterocycles. The fourth-order valence-electron chi connectivity index (χ4n) is 7.69. The smallest absolute Gasteiger partial charge is 0.249 e. The van der Waals surface area contributed by atoms with Crippen molar-refractivity contribution in [2.75, 3.05) is 23.3 Å². The normalized spacial score (nSPS) is 22.8. The third-order valence-electron chi connectivity index (χ3n) is 10.6. The maximum absolute atomic E-state index is 13.9. The molecule has 9 heteroatoms. The number of fused-ring (bicyclic) bond motifs is 2. The number of amides is 2. The van der Waals surface area contributed by atoms with E-state index in [0.717, 1.165) is 70.5 Å². The van der Waals surface area contributed by atoms with Gasteiger partial charge >= 0.3 is 0 Å². The van der Waals surface area contributed by atoms with Gasteiger partial charge in [0, 0.05) is 40.6 Å². The summed E-state index contributed by atoms with van der Waals surface area (Å²) < 4.78 is 2.21. The number of hydrogen-bond acceptors (Lipinski definition) is 6. The average molecular weight is 604 g/mol. The van der Waals surface area contributed by atoms with Gasteiger partial charge in [0.1, 0.15) is 5.52 Å². The molecule has 0 atom stereocenters. The third-order valence-corrected chi connectivity index (χ3v) is 10.6. The van der Waals surface area contributed by atoms with E-state index in [2.05, 4.69) is 37.9 Å². The van der Waals surface area contributed by atoms with E-state index in [-0.39, 0.29) is 11.9 Å². The van der Waals surface area contributed by atoms with Crippen molar-refractivity contribution in [3.05, 3.63) is 65.5 Å². The maximum atomic E-state index is 13.9. The van der Waals surface area contributed by atoms with Crippen molar-refractivity contribution in [2.24, 2.45) is 5.73 Å². The minimum atomic E-state index is -0.569. The lowest BCUT2D eigenvalue weighted by Crippen LogP contribution is -2.57. The zero-order valence-corrected chi connectivity index (χ0v) is 26.3. The van der Waals surface area contributed by atoms with Crippen molar-refractivity contribution in [1.29, 1.82) is 0 Å². The van der Waals surface area contributed by atoms with Crippen LogP contribution >= 0.6 is 0 Å². The van der Waals surface area contributed by atoms with Crippen LogP contribution in [0, 0.1) is 6.92 Å². The van der Waals surface area contributed by atoms with Crippen molar-refractivity contribution in [3.8, 4) is 11.3 Å². The lowest BCUT2D eigenvalue weighted by atomic mass is 9.82. The van der Waals surface area contributed by atoms with Crippen LogP contribution in [0.5, 0.6) is 0 Å². The number of aromatic nitrogens is 3. The Hall–Kier alpha value is -4.24. The van der Waals surface area contributed by atoms with E-state index in [1.165, 1.54) is 32.4 Å². The van der Waals surface area contributed by atoms with Crippen LogP contribution in [0.15, 0.2) is 48.8 Å². The first-order valence-corrected chi connectivity index (χ1v) is 16.5. The van der Waals surface area contributed by atoms with Crippen LogP contribution in [0.1, 0.15) is 86.3 Å². The molecule has 2 aromatic carbocycles. The molecule has 45 heavy (non-hydrogen) atoms. The summed E-state index contributed by atoms with van der Waals surface area (Å²) in [6.45, 7) is 8.35. The molecule has 4 aliphatic rings. The van der Waals surface area contributed by atoms with E-state index in [0.29, 0.717) is 23.5 Å². The number of carbonyl (C=O) groups excluding carboxylic acids is 2. The molecule has 8 rings (SSSR count). The fraction of sp³-hybridized carbons (Fsp3) is 0.444. The first-order chi connectivity index (χ1) is 21.7. The molecule has 2 aromatic heterocycles. The lowest BCUT2D eigenvalue weighted by molar-refractivity contribution is -0.123. The number of nitrogens with one attached hydrogen (secondary N) is 1. The van der Waals surface area contributed by atoms with E-state index in [4.69, 9.17) is 15.7 Å². The second kappa shape index (κ2) is 10.4. The Balaban J connectivity index is 1.17. The predicted molar refractivity (Wildman–Crippen MR) is 177 cm³/mol. The number of imidazole rings is 1. The van der Waals surface area contributed by atoms with Gasteiger partial charge in [0.15, 0.2) is 5.82 Å². The molecule has 2 amide bonds. The number of primary amides is 1. The standard InChI is InChI=1S/C36H41N7O2/c1-21-7-9-23(16-27(21)33(37)44)39-34-32-30(38-20-42(32)24-10-11-24)19-29(40-34)22-8-12-28-31(15-22)43(35(45)36(28,2)3)26-17-25(18-26)41-13-5-4-6-14-41/h7-9,12,15-16,19-20,24-26H,4-6,10-11,13-14,17-18H2,1-3H3,(H2,37,44)(H,39,40)/t25-,26+. The van der Waals surface area contributed by atoms with Gasteiger partial charge in [-0.3, -0.25) is 9.59 Å². The summed E-state index contributed by atoms with van der Waals surface area (Å²) in [6.07, 6.45) is 10.1. The first kappa shape index (κ1) is 28.2. The quantitative estimate of drug-likeness (QED) is 0.259. The van der Waals surface area contributed by atoms with Gasteiger partial charge in [-0.1, -0.05) is 24.6 Å². The highest BCUT2D eigenvalue weighted by atomic mass is 16.2. The fourth-order valence-corrected chi connectivity index (χ4v) is 7.69. The number of nitrogens with zero attached hydrogens (tertiary/aromatic N) is 5. The second-order valence-corrected chi connectivity index (χ2v) is 14.0. The van der Waals surface area contributed by atoms with Crippen molar-refractivity contribution < 1.29 is 9.59 Å². The number of benzene rings is 2. The van der Waals surface area contributed by atoms with Crippen molar-refractivity contribution in [1.82, 2.24) is 19.4 Å². The summed E-state index contributed by atoms with van der Waals surface area (Å²) in [4.78, 5) is 40.7. The molecule has 1 saturated heterocycles. The second-order valence-electron chi connectivity index (χ2n) is 14.0. The monoisotopic (exact) mass is 603 g/mol. The van der Waals surface area contributed by atoms with Crippen molar-refractivity contribution in [3.63, 3.8) is 0 Å². The largest absolute Gasteiger partial charge is 0.366 e. The molecule has 232 valence electrons. The van der Waals surface area contributed by atoms with Crippen LogP contribution in [0.4, 0.5) is 17.2 Å². The number of nitrogens with two attached hydrogens (primary N) is 1. The number of anilines is 3. The van der Waals surface area contributed by atoms with Crippen molar-refractivity contribution in [2.45, 2.75) is 89.3 Å². The van der Waals surface area contributed by atoms with Gasteiger partial charge in [0.05, 0.1) is 23.0 Å². The van der Waals surface area contributed by atoms with Crippen LogP contribution < -0.4 is 16.0 Å². The molecule has 0 bridgehead atoms. The average Bonchev–Trinajstić information content (AvgIpc) is 3.73. The summed E-state index contributed by atoms with van der Waals surface area (Å²) in [6, 6.07) is 15.2. The lowest BCUT2D eigenvalue weighted by Gasteiger charge is -2.48. The molecule has 4 aromatic rings. The van der Waals surface area contributed by atoms with E-state index < -0.39 is 11.3 Å². The van der Waals surface area contributed by atoms with Crippen molar-refractivity contribution >= 4 is 40.0 Å². The van der Waals surface area contributed by atoms with Gasteiger partial charge in [0.2, 0.25) is 11.8 Å². The topological polar surface area (TPSA) is 109 Å². The van der Waals surface area contributed by atoms with Gasteiger partial charge in [-0.2, -0.15) is 0 Å². The summed E-state index contributed by atoms with van der Waals surface area (Å²) in [7, 11) is 0. The van der Waals surface area contributed by atoms with E-state index in [1.807, 2.05) is 45.3 Å². The molecule has 9 nitrogen and oxygen atoms in total. The summed E-state index contributed by atoms with van der Waals surface area (Å²) >= 11 is 0. The van der Waals surface area contributed by atoms with Crippen LogP contribution in [0.3, 0.4) is 0 Å². The Kier molecular flexibility index (Phi) is 6.53. The Morgan fingerprint density at radius 2 is 1.76 bits per heavy atom. The zero-order valence-electron chi connectivity index (χ0n) is 26.3. The highest BCUT2D eigenvalue weighted by molar-refractivity contribution is 6.09.